The van der Waals surface area contributed by atoms with Crippen molar-refractivity contribution in [3.63, 3.8) is 0 Å². The summed E-state index contributed by atoms with van der Waals surface area (Å²) in [6.45, 7) is 21.2. The van der Waals surface area contributed by atoms with Gasteiger partial charge in [0.25, 0.3) is 0 Å². The minimum Gasteiger partial charge on any atom is -0.762 e. The maximum Gasteiger partial charge on any atom is 0.407 e. The topological polar surface area (TPSA) is 345 Å². The van der Waals surface area contributed by atoms with Crippen LogP contribution < -0.4 is 5.32 Å². The molecule has 0 aromatic rings. The van der Waals surface area contributed by atoms with Crippen LogP contribution in [-0.2, 0) is 80.8 Å². The normalized spacial score (nSPS) is 46.4. The number of hydrogen-bond donors (Lipinski definition) is 6. The first-order valence-electron chi connectivity index (χ1n) is 33.1. The van der Waals surface area contributed by atoms with Gasteiger partial charge < -0.3 is 97.7 Å². The number of aldehydes is 1. The molecule has 0 aromatic carbocycles. The Hall–Kier alpha value is -4.59. The first-order chi connectivity index (χ1) is 43.9. The summed E-state index contributed by atoms with van der Waals surface area (Å²) in [5.74, 6) is -6.48. The van der Waals surface area contributed by atoms with E-state index in [2.05, 4.69) is 25.2 Å². The molecule has 0 radical (unpaired) electrons. The molecule has 4 aliphatic carbocycles. The van der Waals surface area contributed by atoms with E-state index in [4.69, 9.17) is 61.6 Å². The van der Waals surface area contributed by atoms with Gasteiger partial charge in [0.05, 0.1) is 91.8 Å². The number of fused-ring (bicyclic) bond motifs is 4. The van der Waals surface area contributed by atoms with Gasteiger partial charge in [-0.05, 0) is 116 Å². The Bertz CT molecular complexity index is 2900. The molecule has 29 atom stereocenters. The van der Waals surface area contributed by atoms with E-state index < -0.39 is 198 Å². The van der Waals surface area contributed by atoms with Crippen LogP contribution in [0.25, 0.3) is 0 Å². The lowest BCUT2D eigenvalue weighted by Gasteiger charge is -2.56. The molecule has 26 nitrogen and oxygen atoms in total. The van der Waals surface area contributed by atoms with Gasteiger partial charge >= 0.3 is 18.0 Å². The Morgan fingerprint density at radius 1 is 0.720 bits per heavy atom. The Morgan fingerprint density at radius 3 is 2.01 bits per heavy atom. The fourth-order valence-electron chi connectivity index (χ4n) is 16.9. The number of amides is 1. The van der Waals surface area contributed by atoms with Gasteiger partial charge in [-0.3, -0.25) is 19.6 Å². The fraction of sp³-hybridized carbons (Fsp3) is 0.776. The summed E-state index contributed by atoms with van der Waals surface area (Å²) in [6, 6.07) is -1.06. The van der Waals surface area contributed by atoms with Crippen molar-refractivity contribution in [3.8, 4) is 0 Å². The van der Waals surface area contributed by atoms with Crippen molar-refractivity contribution in [2.24, 2.45) is 40.9 Å². The molecule has 29 unspecified atom stereocenters. The third kappa shape index (κ3) is 14.1. The number of alkyl carbamates (subject to hydrolysis) is 1. The van der Waals surface area contributed by atoms with Gasteiger partial charge in [-0.15, -0.1) is 0 Å². The Kier molecular flexibility index (Phi) is 21.8. The molecule has 26 heteroatoms. The fourth-order valence-corrected chi connectivity index (χ4v) is 16.9. The standard InChI is InChI=1S/C67H97N2O24/c1-30-14-18-47(88-54-28-65(11,69(79)80)60(38(9)86-54)68-64(78)81-13)31(2)23-43-45(73)24-40(29-70)27-67(43)62(76)55(63(77)93-67)61(75)66(12)42(30)16-15-41-56(66)32(3)22-33(4)57(41)92-53-26-49(59(37(8)85-53)87-39(10)71)90-50-21-19-48(35(6)83-50)89-52-25-46(74)58(36(7)84-52)91-51-20-17-44(72)34(5)82-51/h14-16,23,27,29,32-38,41-54,56-60,72-75,79H,17-22,24-26,28H2,1-13H3,(H,68,78)/q-1. The highest BCUT2D eigenvalue weighted by molar-refractivity contribution is 6.27. The number of nitrogens with one attached hydrogen (secondary N) is 1. The predicted octanol–water partition coefficient (Wildman–Crippen LogP) is 6.27. The van der Waals surface area contributed by atoms with Gasteiger partial charge in [0.2, 0.25) is 11.4 Å². The van der Waals surface area contributed by atoms with Crippen LogP contribution >= 0.6 is 0 Å². The van der Waals surface area contributed by atoms with Gasteiger partial charge in [-0.25, -0.2) is 9.59 Å². The van der Waals surface area contributed by atoms with Gasteiger partial charge in [-0.2, -0.15) is 0 Å². The number of hydrogen-bond acceptors (Lipinski definition) is 25. The number of carbonyl (C=O) groups excluding carboxylic acids is 5. The van der Waals surface area contributed by atoms with Crippen molar-refractivity contribution in [2.75, 3.05) is 7.11 Å². The Labute approximate surface area is 543 Å². The molecule has 6 heterocycles. The lowest BCUT2D eigenvalue weighted by atomic mass is 9.49. The largest absolute Gasteiger partial charge is 0.762 e. The summed E-state index contributed by atoms with van der Waals surface area (Å²) in [7, 11) is 1.16. The molecule has 6 saturated heterocycles. The van der Waals surface area contributed by atoms with E-state index in [9.17, 15) is 50.0 Å². The van der Waals surface area contributed by atoms with Crippen molar-refractivity contribution < 1.29 is 111 Å². The van der Waals surface area contributed by atoms with Crippen molar-refractivity contribution in [1.82, 2.24) is 10.5 Å². The number of hydroxylamine groups is 2. The lowest BCUT2D eigenvalue weighted by molar-refractivity contribution is -0.331. The second kappa shape index (κ2) is 28.5. The van der Waals surface area contributed by atoms with Crippen LogP contribution in [0, 0.1) is 46.1 Å². The Morgan fingerprint density at radius 2 is 1.35 bits per heavy atom. The number of ketones is 1. The number of methoxy groups -OCH3 is 1. The van der Waals surface area contributed by atoms with Crippen molar-refractivity contribution in [3.05, 3.63) is 63.6 Å². The van der Waals surface area contributed by atoms with Gasteiger partial charge in [0.15, 0.2) is 37.6 Å². The summed E-state index contributed by atoms with van der Waals surface area (Å²) in [4.78, 5) is 68.1. The van der Waals surface area contributed by atoms with E-state index in [0.29, 0.717) is 44.0 Å². The van der Waals surface area contributed by atoms with Crippen LogP contribution in [0.4, 0.5) is 4.79 Å². The highest BCUT2D eigenvalue weighted by Gasteiger charge is 2.64. The van der Waals surface area contributed by atoms with E-state index in [-0.39, 0.29) is 54.7 Å². The zero-order chi connectivity index (χ0) is 67.5. The molecule has 93 heavy (non-hydrogen) atoms. The summed E-state index contributed by atoms with van der Waals surface area (Å²) >= 11 is 0. The van der Waals surface area contributed by atoms with Crippen LogP contribution in [-0.4, -0.2) is 202 Å². The second-order valence-corrected chi connectivity index (χ2v) is 28.2. The van der Waals surface area contributed by atoms with Crippen LogP contribution in [0.3, 0.4) is 0 Å². The number of Topliss-reactive ketones (excluding diaryl/α,β-unsaturated/α-hetero) is 1. The van der Waals surface area contributed by atoms with Gasteiger partial charge in [0.1, 0.15) is 29.8 Å². The molecule has 1 amide bonds. The number of rotatable bonds is 14. The lowest BCUT2D eigenvalue weighted by Crippen LogP contribution is -2.67. The highest BCUT2D eigenvalue weighted by Crippen LogP contribution is 2.61. The summed E-state index contributed by atoms with van der Waals surface area (Å²) in [6.07, 6.45) is -3.65. The SMILES string of the molecule is COC(=O)NC1C(C)OC(OC2CC=C(C)C3C=CC4C(OC5CC(OC6CCC(OC7CC(O)C(OC8CCC(O)C(C)O8)C(C)O7)C(C)O6)C(OC(C)=O)C(C)O5)C(C)CC(C)C4C3(C)C(O)=C3C(=O)OC4(C=C(C=O)CC(O)C4C=C2C)C3=O)CC1(C)N([O-])O. The average molecular weight is 1310 g/mol. The van der Waals surface area contributed by atoms with E-state index in [1.807, 2.05) is 39.8 Å². The quantitative estimate of drug-likeness (QED) is 0.0278. The molecule has 2 bridgehead atoms. The number of ether oxygens (including phenoxy) is 13. The summed E-state index contributed by atoms with van der Waals surface area (Å²) < 4.78 is 81.6. The predicted molar refractivity (Wildman–Crippen MR) is 325 cm³/mol. The van der Waals surface area contributed by atoms with Gasteiger partial charge in [-0.1, -0.05) is 50.6 Å². The molecule has 10 rings (SSSR count). The molecule has 6 aliphatic heterocycles. The Balaban J connectivity index is 0.905. The second-order valence-electron chi connectivity index (χ2n) is 28.2. The van der Waals surface area contributed by atoms with E-state index >= 15 is 4.79 Å². The van der Waals surface area contributed by atoms with Crippen LogP contribution in [0.15, 0.2) is 58.4 Å². The molecule has 1 saturated carbocycles. The van der Waals surface area contributed by atoms with Crippen LogP contribution in [0.2, 0.25) is 0 Å². The molecule has 7 fully saturated rings. The van der Waals surface area contributed by atoms with Crippen LogP contribution in [0.5, 0.6) is 0 Å². The summed E-state index contributed by atoms with van der Waals surface area (Å²) in [5.41, 5.74) is -4.87. The minimum absolute atomic E-state index is 0.00396. The zero-order valence-electron chi connectivity index (χ0n) is 55.5. The molecular formula is C67H97N2O24-. The van der Waals surface area contributed by atoms with Gasteiger partial charge in [0, 0.05) is 62.7 Å². The summed E-state index contributed by atoms with van der Waals surface area (Å²) in [5, 5.41) is 72.5. The number of aliphatic hydroxyl groups is 4. The monoisotopic (exact) mass is 1310 g/mol. The first-order valence-corrected chi connectivity index (χ1v) is 33.1. The van der Waals surface area contributed by atoms with E-state index in [0.717, 1.165) is 12.7 Å². The van der Waals surface area contributed by atoms with Crippen molar-refractivity contribution in [1.29, 1.82) is 0 Å². The average Bonchev–Trinajstić information content (AvgIpc) is 1.68. The number of allylic oxidation sites excluding steroid dienone is 3. The third-order valence-corrected chi connectivity index (χ3v) is 21.7. The van der Waals surface area contributed by atoms with Crippen LogP contribution in [0.1, 0.15) is 147 Å². The number of aliphatic hydroxyl groups excluding tert-OH is 4. The molecule has 1 spiro atoms. The molecule has 6 N–H and O–H groups in total. The zero-order valence-corrected chi connectivity index (χ0v) is 55.5. The number of esters is 2. The number of nitrogens with zero attached hydrogens (tertiary/aromatic N) is 1. The first kappa shape index (κ1) is 71.2. The van der Waals surface area contributed by atoms with Crippen molar-refractivity contribution in [2.45, 2.75) is 281 Å². The number of carbonyl (C=O) groups is 5. The molecule has 520 valence electrons. The maximum absolute atomic E-state index is 15.6. The molecule has 0 aromatic heterocycles. The molecular weight excluding hydrogens is 1220 g/mol. The third-order valence-electron chi connectivity index (χ3n) is 21.7. The molecule has 10 aliphatic rings. The minimum atomic E-state index is -2.29. The van der Waals surface area contributed by atoms with E-state index in [1.54, 1.807) is 33.8 Å². The van der Waals surface area contributed by atoms with Crippen molar-refractivity contribution >= 4 is 30.1 Å². The van der Waals surface area contributed by atoms with E-state index in [1.165, 1.54) is 19.9 Å². The highest BCUT2D eigenvalue weighted by atomic mass is 16.8. The maximum atomic E-state index is 15.6. The smallest absolute Gasteiger partial charge is 0.407 e.